The predicted octanol–water partition coefficient (Wildman–Crippen LogP) is 6.93. The van der Waals surface area contributed by atoms with Gasteiger partial charge < -0.3 is 0 Å². The topological polar surface area (TPSA) is 0 Å². The van der Waals surface area contributed by atoms with Gasteiger partial charge in [0.15, 0.2) is 0 Å². The summed E-state index contributed by atoms with van der Waals surface area (Å²) in [7, 11) is 0. The number of unbranched alkanes of at least 4 members (excludes halogenated alkanes) is 2. The summed E-state index contributed by atoms with van der Waals surface area (Å²) in [6.45, 7) is 9.44. The molecule has 0 rings (SSSR count). The molecule has 0 nitrogen and oxygen atoms in total. The summed E-state index contributed by atoms with van der Waals surface area (Å²) in [6, 6.07) is 0. The van der Waals surface area contributed by atoms with Gasteiger partial charge in [0.1, 0.15) is 0 Å². The van der Waals surface area contributed by atoms with E-state index in [1.165, 1.54) is 64.2 Å². The Hall–Kier alpha value is 0.350. The number of hydrogen-bond donors (Lipinski definition) is 0. The highest BCUT2D eigenvalue weighted by Gasteiger charge is 2.12. The van der Waals surface area contributed by atoms with Crippen molar-refractivity contribution in [3.05, 3.63) is 0 Å². The molecule has 0 heterocycles. The fourth-order valence-corrected chi connectivity index (χ4v) is 3.45. The van der Waals surface area contributed by atoms with Crippen molar-refractivity contribution in [1.82, 2.24) is 0 Å². The molecule has 0 aromatic carbocycles. The van der Waals surface area contributed by atoms with E-state index in [2.05, 4.69) is 34.0 Å². The fourth-order valence-electron chi connectivity index (χ4n) is 2.99. The molecular formula is C18H38S. The van der Waals surface area contributed by atoms with Gasteiger partial charge in [0.05, 0.1) is 0 Å². The van der Waals surface area contributed by atoms with Crippen LogP contribution >= 0.6 is 11.8 Å². The van der Waals surface area contributed by atoms with Crippen LogP contribution in [0, 0.1) is 11.8 Å². The maximum atomic E-state index is 2.38. The maximum Gasteiger partial charge on any atom is 0.00185 e. The maximum absolute atomic E-state index is 2.38. The Kier molecular flexibility index (Phi) is 13.6. The first kappa shape index (κ1) is 19.4. The summed E-state index contributed by atoms with van der Waals surface area (Å²) in [5.74, 6) is 1.97. The largest absolute Gasteiger partial charge is 0.162 e. The zero-order chi connectivity index (χ0) is 14.5. The van der Waals surface area contributed by atoms with Crippen molar-refractivity contribution in [2.75, 3.05) is 6.26 Å². The van der Waals surface area contributed by atoms with Crippen molar-refractivity contribution in [3.8, 4) is 0 Å². The van der Waals surface area contributed by atoms with E-state index in [0.29, 0.717) is 0 Å². The highest BCUT2D eigenvalue weighted by atomic mass is 32.2. The fraction of sp³-hybridized carbons (Fsp3) is 1.00. The molecule has 0 aromatic heterocycles. The molecule has 0 bridgehead atoms. The van der Waals surface area contributed by atoms with Gasteiger partial charge in [-0.15, -0.1) is 0 Å². The lowest BCUT2D eigenvalue weighted by atomic mass is 9.89. The first-order valence-electron chi connectivity index (χ1n) is 8.70. The summed E-state index contributed by atoms with van der Waals surface area (Å²) in [5.41, 5.74) is 0. The van der Waals surface area contributed by atoms with Crippen LogP contribution in [0.3, 0.4) is 0 Å². The van der Waals surface area contributed by atoms with Crippen molar-refractivity contribution in [2.24, 2.45) is 11.8 Å². The highest BCUT2D eigenvalue weighted by Crippen LogP contribution is 2.26. The molecule has 3 atom stereocenters. The lowest BCUT2D eigenvalue weighted by Gasteiger charge is -2.20. The predicted molar refractivity (Wildman–Crippen MR) is 93.1 cm³/mol. The summed E-state index contributed by atoms with van der Waals surface area (Å²) in [4.78, 5) is 0. The Morgan fingerprint density at radius 3 is 1.89 bits per heavy atom. The lowest BCUT2D eigenvalue weighted by Crippen LogP contribution is -2.08. The Morgan fingerprint density at radius 2 is 1.37 bits per heavy atom. The Balaban J connectivity index is 3.76. The number of thioether (sulfide) groups is 1. The molecule has 0 saturated heterocycles. The summed E-state index contributed by atoms with van der Waals surface area (Å²) >= 11 is 2.03. The highest BCUT2D eigenvalue weighted by molar-refractivity contribution is 7.99. The van der Waals surface area contributed by atoms with Crippen LogP contribution in [0.4, 0.5) is 0 Å². The number of hydrogen-bond acceptors (Lipinski definition) is 1. The normalized spacial score (nSPS) is 16.3. The third-order valence-corrected chi connectivity index (χ3v) is 5.66. The minimum Gasteiger partial charge on any atom is -0.162 e. The van der Waals surface area contributed by atoms with Crippen LogP contribution in [-0.4, -0.2) is 11.5 Å². The van der Waals surface area contributed by atoms with Gasteiger partial charge in [-0.1, -0.05) is 85.5 Å². The molecule has 0 amide bonds. The molecule has 0 aromatic rings. The van der Waals surface area contributed by atoms with Crippen LogP contribution in [0.1, 0.15) is 91.9 Å². The lowest BCUT2D eigenvalue weighted by molar-refractivity contribution is 0.359. The Morgan fingerprint density at radius 1 is 0.789 bits per heavy atom. The van der Waals surface area contributed by atoms with E-state index in [1.807, 2.05) is 11.8 Å². The summed E-state index contributed by atoms with van der Waals surface area (Å²) in [6.07, 6.45) is 16.6. The molecule has 0 aliphatic carbocycles. The molecular weight excluding hydrogens is 248 g/mol. The molecule has 0 N–H and O–H groups in total. The van der Waals surface area contributed by atoms with E-state index < -0.39 is 0 Å². The second-order valence-corrected chi connectivity index (χ2v) is 7.53. The van der Waals surface area contributed by atoms with E-state index >= 15 is 0 Å². The summed E-state index contributed by atoms with van der Waals surface area (Å²) < 4.78 is 0. The van der Waals surface area contributed by atoms with Gasteiger partial charge in [0.25, 0.3) is 0 Å². The SMILES string of the molecule is CCCCCC(CC)CCCC(CC)CC(C)SC. The average Bonchev–Trinajstić information content (AvgIpc) is 2.44. The first-order valence-corrected chi connectivity index (χ1v) is 9.99. The van der Waals surface area contributed by atoms with E-state index in [9.17, 15) is 0 Å². The molecule has 116 valence electrons. The zero-order valence-electron chi connectivity index (χ0n) is 14.2. The molecule has 3 unspecified atom stereocenters. The van der Waals surface area contributed by atoms with Crippen LogP contribution in [-0.2, 0) is 0 Å². The van der Waals surface area contributed by atoms with Gasteiger partial charge in [-0.3, -0.25) is 0 Å². The van der Waals surface area contributed by atoms with Crippen molar-refractivity contribution in [1.29, 1.82) is 0 Å². The van der Waals surface area contributed by atoms with Crippen molar-refractivity contribution < 1.29 is 0 Å². The third kappa shape index (κ3) is 10.8. The van der Waals surface area contributed by atoms with Gasteiger partial charge in [0.2, 0.25) is 0 Å². The monoisotopic (exact) mass is 286 g/mol. The van der Waals surface area contributed by atoms with E-state index in [0.717, 1.165) is 17.1 Å². The van der Waals surface area contributed by atoms with Gasteiger partial charge in [-0.05, 0) is 24.5 Å². The van der Waals surface area contributed by atoms with Gasteiger partial charge in [-0.2, -0.15) is 11.8 Å². The van der Waals surface area contributed by atoms with Crippen LogP contribution < -0.4 is 0 Å². The Labute approximate surface area is 127 Å². The van der Waals surface area contributed by atoms with Gasteiger partial charge >= 0.3 is 0 Å². The van der Waals surface area contributed by atoms with Crippen LogP contribution in [0.15, 0.2) is 0 Å². The molecule has 0 saturated carbocycles. The van der Waals surface area contributed by atoms with Crippen molar-refractivity contribution in [2.45, 2.75) is 97.2 Å². The second-order valence-electron chi connectivity index (χ2n) is 6.26. The van der Waals surface area contributed by atoms with Crippen molar-refractivity contribution in [3.63, 3.8) is 0 Å². The molecule has 19 heavy (non-hydrogen) atoms. The van der Waals surface area contributed by atoms with Gasteiger partial charge in [0, 0.05) is 5.25 Å². The summed E-state index contributed by atoms with van der Waals surface area (Å²) in [5, 5.41) is 0.844. The quantitative estimate of drug-likeness (QED) is 0.331. The molecule has 0 fully saturated rings. The minimum absolute atomic E-state index is 0.844. The van der Waals surface area contributed by atoms with Crippen LogP contribution in [0.5, 0.6) is 0 Å². The first-order chi connectivity index (χ1) is 9.17. The van der Waals surface area contributed by atoms with E-state index in [4.69, 9.17) is 0 Å². The standard InChI is InChI=1S/C18H38S/c1-6-9-10-12-17(7-2)13-11-14-18(8-3)15-16(4)19-5/h16-18H,6-15H2,1-5H3. The second kappa shape index (κ2) is 13.3. The molecule has 1 heteroatoms. The van der Waals surface area contributed by atoms with Crippen LogP contribution in [0.25, 0.3) is 0 Å². The van der Waals surface area contributed by atoms with Crippen LogP contribution in [0.2, 0.25) is 0 Å². The molecule has 0 aliphatic rings. The molecule has 0 spiro atoms. The minimum atomic E-state index is 0.844. The molecule has 0 aliphatic heterocycles. The van der Waals surface area contributed by atoms with E-state index in [1.54, 1.807) is 0 Å². The third-order valence-electron chi connectivity index (χ3n) is 4.66. The zero-order valence-corrected chi connectivity index (χ0v) is 15.0. The van der Waals surface area contributed by atoms with Gasteiger partial charge in [-0.25, -0.2) is 0 Å². The average molecular weight is 287 g/mol. The van der Waals surface area contributed by atoms with Crippen molar-refractivity contribution >= 4 is 11.8 Å². The van der Waals surface area contributed by atoms with E-state index in [-0.39, 0.29) is 0 Å². The Bertz CT molecular complexity index is 179. The smallest absolute Gasteiger partial charge is 0.00185 e. The molecule has 0 radical (unpaired) electrons. The number of rotatable bonds is 13.